The number of methoxy groups -OCH3 is 1. The zero-order valence-corrected chi connectivity index (χ0v) is 18.2. The third-order valence-corrected chi connectivity index (χ3v) is 4.50. The molecule has 0 spiro atoms. The van der Waals surface area contributed by atoms with E-state index in [0.717, 1.165) is 5.75 Å². The lowest BCUT2D eigenvalue weighted by Gasteiger charge is -2.14. The Labute approximate surface area is 191 Å². The number of carbonyl (C=O) groups is 2. The van der Waals surface area contributed by atoms with Crippen LogP contribution in [-0.2, 0) is 4.74 Å². The molecule has 0 heterocycles. The van der Waals surface area contributed by atoms with E-state index in [1.807, 2.05) is 30.3 Å². The van der Waals surface area contributed by atoms with Gasteiger partial charge in [0.2, 0.25) is 0 Å². The lowest BCUT2D eigenvalue weighted by atomic mass is 10.2. The average molecular weight is 451 g/mol. The van der Waals surface area contributed by atoms with Crippen LogP contribution >= 0.6 is 12.2 Å². The minimum Gasteiger partial charge on any atom is -0.490 e. The van der Waals surface area contributed by atoms with Crippen molar-refractivity contribution in [2.45, 2.75) is 0 Å². The molecule has 3 rings (SSSR count). The van der Waals surface area contributed by atoms with Crippen LogP contribution in [0.2, 0.25) is 0 Å². The van der Waals surface area contributed by atoms with E-state index in [1.165, 1.54) is 7.11 Å². The molecule has 3 aromatic carbocycles. The molecule has 3 aromatic rings. The summed E-state index contributed by atoms with van der Waals surface area (Å²) in [6.07, 6.45) is 0. The van der Waals surface area contributed by atoms with E-state index in [9.17, 15) is 9.59 Å². The van der Waals surface area contributed by atoms with Crippen LogP contribution in [0, 0.1) is 0 Å². The average Bonchev–Trinajstić information content (AvgIpc) is 2.82. The van der Waals surface area contributed by atoms with Crippen molar-refractivity contribution in [1.82, 2.24) is 5.32 Å². The Morgan fingerprint density at radius 1 is 0.812 bits per heavy atom. The molecule has 164 valence electrons. The van der Waals surface area contributed by atoms with Gasteiger partial charge < -0.3 is 19.5 Å². The number of anilines is 1. The number of ether oxygens (including phenoxy) is 3. The van der Waals surface area contributed by atoms with Gasteiger partial charge in [-0.25, -0.2) is 4.79 Å². The van der Waals surface area contributed by atoms with Crippen LogP contribution in [0.15, 0.2) is 78.9 Å². The smallest absolute Gasteiger partial charge is 0.339 e. The number of para-hydroxylation sites is 3. The molecule has 0 atom stereocenters. The van der Waals surface area contributed by atoms with E-state index in [1.54, 1.807) is 48.5 Å². The summed E-state index contributed by atoms with van der Waals surface area (Å²) in [4.78, 5) is 24.7. The third kappa shape index (κ3) is 6.29. The van der Waals surface area contributed by atoms with Crippen LogP contribution in [0.1, 0.15) is 20.7 Å². The summed E-state index contributed by atoms with van der Waals surface area (Å²) < 4.78 is 16.1. The quantitative estimate of drug-likeness (QED) is 0.304. The topological polar surface area (TPSA) is 85.9 Å². The highest BCUT2D eigenvalue weighted by Crippen LogP contribution is 2.19. The van der Waals surface area contributed by atoms with E-state index in [-0.39, 0.29) is 11.7 Å². The second-order valence-electron chi connectivity index (χ2n) is 6.45. The number of thiocarbonyl (C=S) groups is 1. The first kappa shape index (κ1) is 22.8. The van der Waals surface area contributed by atoms with Gasteiger partial charge in [0.15, 0.2) is 5.11 Å². The second-order valence-corrected chi connectivity index (χ2v) is 6.86. The largest absolute Gasteiger partial charge is 0.490 e. The highest BCUT2D eigenvalue weighted by atomic mass is 32.1. The zero-order chi connectivity index (χ0) is 22.8. The van der Waals surface area contributed by atoms with Gasteiger partial charge in [-0.2, -0.15) is 0 Å². The molecule has 0 saturated carbocycles. The van der Waals surface area contributed by atoms with Gasteiger partial charge in [-0.05, 0) is 48.6 Å². The van der Waals surface area contributed by atoms with Crippen molar-refractivity contribution in [3.05, 3.63) is 90.0 Å². The van der Waals surface area contributed by atoms with E-state index in [2.05, 4.69) is 10.6 Å². The summed E-state index contributed by atoms with van der Waals surface area (Å²) in [5.74, 6) is 0.182. The molecule has 0 aliphatic heterocycles. The number of benzene rings is 3. The third-order valence-electron chi connectivity index (χ3n) is 4.29. The fraction of sp³-hybridized carbons (Fsp3) is 0.125. The highest BCUT2D eigenvalue weighted by Gasteiger charge is 2.16. The van der Waals surface area contributed by atoms with Crippen molar-refractivity contribution in [1.29, 1.82) is 0 Å². The summed E-state index contributed by atoms with van der Waals surface area (Å²) in [7, 11) is 1.29. The summed E-state index contributed by atoms with van der Waals surface area (Å²) in [5, 5.41) is 5.49. The molecule has 0 fully saturated rings. The van der Waals surface area contributed by atoms with Gasteiger partial charge in [0.05, 0.1) is 23.9 Å². The van der Waals surface area contributed by atoms with Crippen molar-refractivity contribution in [2.75, 3.05) is 25.6 Å². The van der Waals surface area contributed by atoms with Gasteiger partial charge in [-0.1, -0.05) is 42.5 Å². The molecule has 0 aliphatic rings. The van der Waals surface area contributed by atoms with Gasteiger partial charge in [-0.15, -0.1) is 0 Å². The lowest BCUT2D eigenvalue weighted by Crippen LogP contribution is -2.34. The summed E-state index contributed by atoms with van der Waals surface area (Å²) in [6.45, 7) is 0.582. The van der Waals surface area contributed by atoms with Gasteiger partial charge in [0.1, 0.15) is 24.7 Å². The predicted molar refractivity (Wildman–Crippen MR) is 125 cm³/mol. The standard InChI is InChI=1S/C24H22N2O5S/c1-29-23(28)18-11-5-7-13-20(18)25-24(32)26-22(27)19-12-6-8-14-21(19)31-16-15-30-17-9-3-2-4-10-17/h2-14H,15-16H2,1H3,(H2,25,26,27,32). The molecule has 2 N–H and O–H groups in total. The number of rotatable bonds is 8. The van der Waals surface area contributed by atoms with Crippen LogP contribution in [0.3, 0.4) is 0 Å². The van der Waals surface area contributed by atoms with Crippen molar-refractivity contribution in [2.24, 2.45) is 0 Å². The van der Waals surface area contributed by atoms with Crippen molar-refractivity contribution in [3.8, 4) is 11.5 Å². The second kappa shape index (κ2) is 11.5. The number of nitrogens with one attached hydrogen (secondary N) is 2. The molecule has 7 nitrogen and oxygen atoms in total. The van der Waals surface area contributed by atoms with Crippen LogP contribution < -0.4 is 20.1 Å². The molecule has 0 saturated heterocycles. The number of carbonyl (C=O) groups excluding carboxylic acids is 2. The van der Waals surface area contributed by atoms with Gasteiger partial charge in [0.25, 0.3) is 5.91 Å². The maximum Gasteiger partial charge on any atom is 0.339 e. The predicted octanol–water partition coefficient (Wildman–Crippen LogP) is 4.06. The molecule has 0 aliphatic carbocycles. The van der Waals surface area contributed by atoms with Crippen LogP contribution in [0.5, 0.6) is 11.5 Å². The minimum absolute atomic E-state index is 0.0357. The summed E-state index contributed by atoms with van der Waals surface area (Å²) >= 11 is 5.24. The maximum atomic E-state index is 12.8. The van der Waals surface area contributed by atoms with Crippen LogP contribution in [-0.4, -0.2) is 37.3 Å². The van der Waals surface area contributed by atoms with Gasteiger partial charge >= 0.3 is 5.97 Å². The Hall–Kier alpha value is -3.91. The fourth-order valence-electron chi connectivity index (χ4n) is 2.81. The lowest BCUT2D eigenvalue weighted by molar-refractivity contribution is 0.0601. The minimum atomic E-state index is -0.515. The van der Waals surface area contributed by atoms with Gasteiger partial charge in [-0.3, -0.25) is 10.1 Å². The molecule has 8 heteroatoms. The molecule has 0 unspecified atom stereocenters. The Bertz CT molecular complexity index is 1090. The molecular formula is C24H22N2O5S. The Balaban J connectivity index is 1.58. The Morgan fingerprint density at radius 3 is 2.19 bits per heavy atom. The first-order valence-corrected chi connectivity index (χ1v) is 10.2. The molecule has 0 bridgehead atoms. The number of hydrogen-bond acceptors (Lipinski definition) is 6. The summed E-state index contributed by atoms with van der Waals surface area (Å²) in [6, 6.07) is 22.9. The summed E-state index contributed by atoms with van der Waals surface area (Å²) in [5.41, 5.74) is 1.04. The first-order chi connectivity index (χ1) is 15.6. The van der Waals surface area contributed by atoms with Crippen molar-refractivity contribution < 1.29 is 23.8 Å². The number of hydrogen-bond donors (Lipinski definition) is 2. The monoisotopic (exact) mass is 450 g/mol. The molecule has 0 aromatic heterocycles. The highest BCUT2D eigenvalue weighted by molar-refractivity contribution is 7.80. The maximum absolute atomic E-state index is 12.8. The Morgan fingerprint density at radius 2 is 1.44 bits per heavy atom. The van der Waals surface area contributed by atoms with E-state index < -0.39 is 11.9 Å². The number of esters is 1. The molecule has 0 radical (unpaired) electrons. The van der Waals surface area contributed by atoms with E-state index in [4.69, 9.17) is 26.4 Å². The zero-order valence-electron chi connectivity index (χ0n) is 17.4. The van der Waals surface area contributed by atoms with Gasteiger partial charge in [0, 0.05) is 0 Å². The first-order valence-electron chi connectivity index (χ1n) is 9.78. The van der Waals surface area contributed by atoms with Crippen LogP contribution in [0.25, 0.3) is 0 Å². The van der Waals surface area contributed by atoms with E-state index in [0.29, 0.717) is 29.2 Å². The number of amides is 1. The normalized spacial score (nSPS) is 10.0. The van der Waals surface area contributed by atoms with E-state index >= 15 is 0 Å². The molecule has 1 amide bonds. The van der Waals surface area contributed by atoms with Crippen molar-refractivity contribution >= 4 is 34.9 Å². The Kier molecular flexibility index (Phi) is 8.16. The van der Waals surface area contributed by atoms with Crippen LogP contribution in [0.4, 0.5) is 5.69 Å². The molecular weight excluding hydrogens is 428 g/mol. The fourth-order valence-corrected chi connectivity index (χ4v) is 3.01. The molecule has 32 heavy (non-hydrogen) atoms. The SMILES string of the molecule is COC(=O)c1ccccc1NC(=S)NC(=O)c1ccccc1OCCOc1ccccc1. The van der Waals surface area contributed by atoms with Crippen molar-refractivity contribution in [3.63, 3.8) is 0 Å².